The molecular formula is C68H73BBrCl3LiN9O15. The molecule has 3 aromatic carbocycles. The molecule has 3 spiro atoms. The standard InChI is InChI=1S/C21H20ClN3O4.C20H18ClN3O4.C15H17BClNO4.C11H13BrN2O2.CH4.Li.H2O/c1-27-19-12(3-4-18(24-19)25-8-21(9-25)10-29-11-21)13-5-14-15(20(26)28-2)7-23-17(14)6-16(13)22;1-27-18-11(2-3-17(23-18)24-7-20(8-24)9-28-10-20)12-4-13-14(19(25)26)6-22-16(13)5-15(12)21;1-15(2)7-21-16(22-8-15)11-4-9-10(14(19)20-3)6-18-13(9)5-12(11)17;1-15-10-8(12)2-3-9(13-10)14-4-11(5-14)6-16-7-11;;;/h3-7,23H,8-11H2,1-2H3;2-6,22H,7-10H2,1H3,(H,25,26);4-6,18H,7-8H2,1-3H3;2-3H,4-7H2,1H3;1H4;;1H2/q;;;;;+1;/p-1. The van der Waals surface area contributed by atoms with Gasteiger partial charge in [-0.1, -0.05) is 62.1 Å². The van der Waals surface area contributed by atoms with Gasteiger partial charge in [-0.25, -0.2) is 14.4 Å². The van der Waals surface area contributed by atoms with Crippen LogP contribution in [-0.4, -0.2) is 193 Å². The molecule has 7 aliphatic rings. The van der Waals surface area contributed by atoms with Gasteiger partial charge >= 0.3 is 43.9 Å². The predicted molar refractivity (Wildman–Crippen MR) is 374 cm³/mol. The van der Waals surface area contributed by atoms with E-state index in [1.165, 1.54) is 20.4 Å². The number of hydrogen-bond acceptors (Lipinski definition) is 20. The molecular weight excluding hydrogens is 1390 g/mol. The Morgan fingerprint density at radius 3 is 1.24 bits per heavy atom. The summed E-state index contributed by atoms with van der Waals surface area (Å²) in [6.45, 7) is 16.3. The van der Waals surface area contributed by atoms with Crippen LogP contribution in [0.25, 0.3) is 55.0 Å². The molecule has 16 rings (SSSR count). The topological polar surface area (TPSA) is 289 Å². The van der Waals surface area contributed by atoms with Crippen molar-refractivity contribution in [3.63, 3.8) is 0 Å². The molecule has 9 aromatic rings. The second-order valence-electron chi connectivity index (χ2n) is 25.8. The Labute approximate surface area is 601 Å². The molecule has 0 atom stereocenters. The van der Waals surface area contributed by atoms with E-state index in [-0.39, 0.29) is 42.7 Å². The van der Waals surface area contributed by atoms with E-state index in [2.05, 4.69) is 69.4 Å². The number of hydrogen-bond donors (Lipinski definition) is 4. The Morgan fingerprint density at radius 1 is 0.520 bits per heavy atom. The third-order valence-corrected chi connectivity index (χ3v) is 19.7. The van der Waals surface area contributed by atoms with Crippen LogP contribution in [0.1, 0.15) is 52.3 Å². The van der Waals surface area contributed by atoms with Gasteiger partial charge in [0.25, 0.3) is 0 Å². The third-order valence-electron chi connectivity index (χ3n) is 18.1. The number of carbonyl (C=O) groups excluding carboxylic acids is 2. The molecule has 98 heavy (non-hydrogen) atoms. The quantitative estimate of drug-likeness (QED) is 0.0658. The second-order valence-corrected chi connectivity index (χ2v) is 27.9. The van der Waals surface area contributed by atoms with Crippen molar-refractivity contribution in [1.82, 2.24) is 29.9 Å². The van der Waals surface area contributed by atoms with E-state index in [9.17, 15) is 19.5 Å². The third kappa shape index (κ3) is 14.3. The number of carbonyl (C=O) groups is 3. The molecule has 0 unspecified atom stereocenters. The smallest absolute Gasteiger partial charge is 0.870 e. The average Bonchev–Trinajstić information content (AvgIpc) is 1.32. The number of nitrogens with one attached hydrogen (secondary N) is 3. The summed E-state index contributed by atoms with van der Waals surface area (Å²) in [6.07, 6.45) is 4.71. The van der Waals surface area contributed by atoms with Crippen molar-refractivity contribution in [2.75, 3.05) is 142 Å². The number of anilines is 3. The van der Waals surface area contributed by atoms with E-state index in [4.69, 9.17) is 87.0 Å². The minimum absolute atomic E-state index is 0. The zero-order valence-corrected chi connectivity index (χ0v) is 58.4. The van der Waals surface area contributed by atoms with Gasteiger partial charge in [0.2, 0.25) is 17.6 Å². The Kier molecular flexibility index (Phi) is 22.1. The largest absolute Gasteiger partial charge is 1.00 e. The number of aromatic nitrogens is 6. The Morgan fingerprint density at radius 2 is 0.878 bits per heavy atom. The van der Waals surface area contributed by atoms with Gasteiger partial charge < -0.3 is 87.4 Å². The molecule has 0 bridgehead atoms. The first kappa shape index (κ1) is 73.4. The van der Waals surface area contributed by atoms with Crippen LogP contribution in [-0.2, 0) is 33.0 Å². The second kappa shape index (κ2) is 29.5. The SMILES string of the molecule is C.COC(=O)c1c[nH]c2cc(Cl)c(-c3ccc(N4CC5(COC5)C4)nc3OC)cc12.COC(=O)c1c[nH]c2cc(Cl)c(B3OCC(C)(C)CO3)cc12.COc1nc(N2CC3(COC3)C2)ccc1-c1cc2c(C(=O)O)c[nH]c2cc1Cl.COc1nc(N2CC3(COC3)C2)ccc1Br.[Li+].[OH-]. The molecule has 7 aliphatic heterocycles. The van der Waals surface area contributed by atoms with Crippen LogP contribution in [0.2, 0.25) is 15.1 Å². The number of ether oxygens (including phenoxy) is 8. The maximum atomic E-state index is 12.1. The number of aromatic carboxylic acids is 1. The van der Waals surface area contributed by atoms with E-state index >= 15 is 0 Å². The summed E-state index contributed by atoms with van der Waals surface area (Å²) in [5.74, 6) is 2.50. The number of esters is 2. The first-order valence-electron chi connectivity index (χ1n) is 30.5. The van der Waals surface area contributed by atoms with E-state index < -0.39 is 25.0 Å². The Balaban J connectivity index is 0.000000143. The number of pyridine rings is 3. The summed E-state index contributed by atoms with van der Waals surface area (Å²) in [5, 5.41) is 13.0. The number of benzene rings is 3. The maximum Gasteiger partial charge on any atom is 1.00 e. The van der Waals surface area contributed by atoms with Crippen LogP contribution in [0, 0.1) is 21.7 Å². The molecule has 0 radical (unpaired) electrons. The van der Waals surface area contributed by atoms with Crippen molar-refractivity contribution in [3.8, 4) is 39.9 Å². The summed E-state index contributed by atoms with van der Waals surface area (Å²) < 4.78 is 54.3. The van der Waals surface area contributed by atoms with Crippen LogP contribution >= 0.6 is 50.7 Å². The van der Waals surface area contributed by atoms with Crippen LogP contribution in [0.4, 0.5) is 17.5 Å². The minimum Gasteiger partial charge on any atom is -0.870 e. The number of halogens is 4. The summed E-state index contributed by atoms with van der Waals surface area (Å²) in [4.78, 5) is 64.9. The van der Waals surface area contributed by atoms with E-state index in [1.807, 2.05) is 48.5 Å². The average molecular weight is 1460 g/mol. The molecule has 7 fully saturated rings. The molecule has 0 aliphatic carbocycles. The zero-order chi connectivity index (χ0) is 66.7. The molecule has 13 heterocycles. The van der Waals surface area contributed by atoms with Crippen molar-refractivity contribution >= 4 is 131 Å². The molecule has 7 saturated heterocycles. The predicted octanol–water partition coefficient (Wildman–Crippen LogP) is 8.47. The van der Waals surface area contributed by atoms with Gasteiger partial charge in [0.15, 0.2) is 0 Å². The molecule has 512 valence electrons. The van der Waals surface area contributed by atoms with Gasteiger partial charge in [0.05, 0.1) is 123 Å². The van der Waals surface area contributed by atoms with Crippen molar-refractivity contribution in [1.29, 1.82) is 0 Å². The number of H-pyrrole nitrogens is 3. The van der Waals surface area contributed by atoms with E-state index in [0.717, 1.165) is 145 Å². The van der Waals surface area contributed by atoms with Gasteiger partial charge in [-0.3, -0.25) is 0 Å². The van der Waals surface area contributed by atoms with Crippen molar-refractivity contribution in [2.45, 2.75) is 21.3 Å². The monoisotopic (exact) mass is 1460 g/mol. The van der Waals surface area contributed by atoms with Gasteiger partial charge in [-0.2, -0.15) is 15.0 Å². The Bertz CT molecular complexity index is 4440. The normalized spacial score (nSPS) is 17.5. The fourth-order valence-corrected chi connectivity index (χ4v) is 14.0. The Hall–Kier alpha value is -7.29. The zero-order valence-electron chi connectivity index (χ0n) is 54.5. The minimum atomic E-state index is -0.994. The number of methoxy groups -OCH3 is 5. The van der Waals surface area contributed by atoms with Crippen molar-refractivity contribution in [3.05, 3.63) is 128 Å². The number of carboxylic acids is 1. The first-order valence-corrected chi connectivity index (χ1v) is 32.4. The molecule has 6 aromatic heterocycles. The van der Waals surface area contributed by atoms with Crippen molar-refractivity contribution in [2.24, 2.45) is 21.7 Å². The maximum absolute atomic E-state index is 12.1. The van der Waals surface area contributed by atoms with Crippen molar-refractivity contribution < 1.29 is 91.0 Å². The van der Waals surface area contributed by atoms with E-state index in [0.29, 0.717) is 89.8 Å². The molecule has 5 N–H and O–H groups in total. The van der Waals surface area contributed by atoms with Gasteiger partial charge in [0.1, 0.15) is 17.5 Å². The van der Waals surface area contributed by atoms with Crippen LogP contribution in [0.3, 0.4) is 0 Å². The fourth-order valence-electron chi connectivity index (χ4n) is 12.8. The molecule has 30 heteroatoms. The van der Waals surface area contributed by atoms with Crippen LogP contribution < -0.4 is 53.2 Å². The van der Waals surface area contributed by atoms with Crippen LogP contribution in [0.15, 0.2) is 95.9 Å². The number of carboxylic acid groups (broad SMARTS) is 1. The van der Waals surface area contributed by atoms with E-state index in [1.54, 1.807) is 58.0 Å². The summed E-state index contributed by atoms with van der Waals surface area (Å²) in [5.41, 5.74) is 7.95. The summed E-state index contributed by atoms with van der Waals surface area (Å²) in [7, 11) is 6.99. The summed E-state index contributed by atoms with van der Waals surface area (Å²) >= 11 is 22.8. The molecule has 0 saturated carbocycles. The fraction of sp³-hybridized carbons (Fsp3) is 0.382. The van der Waals surface area contributed by atoms with Crippen LogP contribution in [0.5, 0.6) is 17.6 Å². The number of fused-ring (bicyclic) bond motifs is 3. The number of aromatic amines is 3. The number of rotatable bonds is 12. The van der Waals surface area contributed by atoms with Gasteiger partial charge in [0, 0.05) is 142 Å². The molecule has 0 amide bonds. The molecule has 24 nitrogen and oxygen atoms in total. The first-order chi connectivity index (χ1) is 45.7. The van der Waals surface area contributed by atoms with Gasteiger partial charge in [-0.15, -0.1) is 0 Å². The summed E-state index contributed by atoms with van der Waals surface area (Å²) in [6, 6.07) is 22.5. The van der Waals surface area contributed by atoms with Gasteiger partial charge in [-0.05, 0) is 82.7 Å². The number of nitrogens with zero attached hydrogens (tertiary/aromatic N) is 6.